The second kappa shape index (κ2) is 12.0. The minimum atomic E-state index is -0.645. The van der Waals surface area contributed by atoms with Gasteiger partial charge in [0.05, 0.1) is 35.1 Å². The van der Waals surface area contributed by atoms with E-state index in [2.05, 4.69) is 17.1 Å². The number of esters is 1. The number of hydrogen-bond donors (Lipinski definition) is 0. The lowest BCUT2D eigenvalue weighted by Gasteiger charge is -2.25. The molecule has 7 nitrogen and oxygen atoms in total. The summed E-state index contributed by atoms with van der Waals surface area (Å²) in [6, 6.07) is 22.6. The van der Waals surface area contributed by atoms with Gasteiger partial charge >= 0.3 is 5.97 Å². The molecule has 0 fully saturated rings. The molecule has 3 aromatic carbocycles. The van der Waals surface area contributed by atoms with E-state index < -0.39 is 12.0 Å². The normalized spacial score (nSPS) is 15.0. The molecule has 41 heavy (non-hydrogen) atoms. The number of methoxy groups -OCH3 is 1. The molecule has 1 aliphatic rings. The van der Waals surface area contributed by atoms with Crippen LogP contribution in [0, 0.1) is 6.92 Å². The molecule has 0 radical (unpaired) electrons. The summed E-state index contributed by atoms with van der Waals surface area (Å²) in [6.45, 7) is 7.84. The number of hydrogen-bond acceptors (Lipinski definition) is 7. The molecule has 1 unspecified atom stereocenters. The molecule has 210 valence electrons. The highest BCUT2D eigenvalue weighted by atomic mass is 32.1. The highest BCUT2D eigenvalue weighted by Crippen LogP contribution is 2.31. The highest BCUT2D eigenvalue weighted by Gasteiger charge is 2.33. The Morgan fingerprint density at radius 1 is 1.02 bits per heavy atom. The number of allylic oxidation sites excluding steroid dienone is 1. The first-order valence-electron chi connectivity index (χ1n) is 13.4. The first kappa shape index (κ1) is 28.1. The molecule has 0 saturated heterocycles. The molecule has 5 rings (SSSR count). The van der Waals surface area contributed by atoms with Gasteiger partial charge in [-0.05, 0) is 62.6 Å². The minimum absolute atomic E-state index is 0.233. The SMILES string of the molecule is COc1cc(C=c2sc3n(c2=O)C(c2ccccc2)C(C(=O)OC(C)C)=C(C)N=3)ccc1OCc1ccc(C)cc1. The van der Waals surface area contributed by atoms with Crippen molar-refractivity contribution < 1.29 is 19.0 Å². The molecule has 8 heteroatoms. The predicted molar refractivity (Wildman–Crippen MR) is 160 cm³/mol. The van der Waals surface area contributed by atoms with Gasteiger partial charge in [-0.3, -0.25) is 9.36 Å². The molecule has 1 aromatic heterocycles. The van der Waals surface area contributed by atoms with Gasteiger partial charge < -0.3 is 14.2 Å². The number of rotatable bonds is 8. The molecular weight excluding hydrogens is 536 g/mol. The monoisotopic (exact) mass is 568 g/mol. The Kier molecular flexibility index (Phi) is 8.21. The maximum atomic E-state index is 13.9. The van der Waals surface area contributed by atoms with Crippen LogP contribution >= 0.6 is 11.3 Å². The second-order valence-corrected chi connectivity index (χ2v) is 11.1. The van der Waals surface area contributed by atoms with Gasteiger partial charge in [0.15, 0.2) is 16.3 Å². The summed E-state index contributed by atoms with van der Waals surface area (Å²) >= 11 is 1.28. The van der Waals surface area contributed by atoms with Crippen molar-refractivity contribution in [2.45, 2.75) is 46.4 Å². The van der Waals surface area contributed by atoms with E-state index in [1.807, 2.05) is 73.7 Å². The summed E-state index contributed by atoms with van der Waals surface area (Å²) in [6.07, 6.45) is 1.51. The zero-order valence-corrected chi connectivity index (χ0v) is 24.5. The average Bonchev–Trinajstić information content (AvgIpc) is 3.26. The van der Waals surface area contributed by atoms with Crippen molar-refractivity contribution in [3.63, 3.8) is 0 Å². The van der Waals surface area contributed by atoms with E-state index in [9.17, 15) is 9.59 Å². The number of benzene rings is 3. The highest BCUT2D eigenvalue weighted by molar-refractivity contribution is 7.07. The Hall–Kier alpha value is -4.43. The van der Waals surface area contributed by atoms with Crippen LogP contribution in [0.4, 0.5) is 0 Å². The van der Waals surface area contributed by atoms with Gasteiger partial charge in [-0.2, -0.15) is 0 Å². The third-order valence-electron chi connectivity index (χ3n) is 6.70. The standard InChI is InChI=1S/C33H32N2O5S/c1-20(2)40-32(37)29-22(4)34-33-35(30(29)25-9-7-6-8-10-25)31(36)28(41-33)18-24-15-16-26(27(17-24)38-5)39-19-23-13-11-21(3)12-14-23/h6-18,20,30H,19H2,1-5H3. The van der Waals surface area contributed by atoms with Crippen LogP contribution in [0.3, 0.4) is 0 Å². The molecule has 1 atom stereocenters. The maximum Gasteiger partial charge on any atom is 0.338 e. The second-order valence-electron chi connectivity index (χ2n) is 10.1. The van der Waals surface area contributed by atoms with Crippen molar-refractivity contribution in [2.75, 3.05) is 7.11 Å². The van der Waals surface area contributed by atoms with Crippen LogP contribution in [0.15, 0.2) is 93.9 Å². The number of nitrogens with zero attached hydrogens (tertiary/aromatic N) is 2. The van der Waals surface area contributed by atoms with Crippen molar-refractivity contribution in [3.8, 4) is 11.5 Å². The molecule has 0 aliphatic carbocycles. The summed E-state index contributed by atoms with van der Waals surface area (Å²) in [5.74, 6) is 0.699. The van der Waals surface area contributed by atoms with Crippen LogP contribution in [0.1, 0.15) is 49.1 Å². The van der Waals surface area contributed by atoms with Crippen molar-refractivity contribution in [1.82, 2.24) is 4.57 Å². The third-order valence-corrected chi connectivity index (χ3v) is 7.68. The Labute approximate surface area is 242 Å². The Morgan fingerprint density at radius 3 is 2.44 bits per heavy atom. The van der Waals surface area contributed by atoms with Gasteiger partial charge in [-0.1, -0.05) is 77.6 Å². The van der Waals surface area contributed by atoms with Crippen LogP contribution in [0.25, 0.3) is 6.08 Å². The van der Waals surface area contributed by atoms with E-state index >= 15 is 0 Å². The smallest absolute Gasteiger partial charge is 0.338 e. The topological polar surface area (TPSA) is 79.1 Å². The van der Waals surface area contributed by atoms with E-state index in [1.54, 1.807) is 32.4 Å². The molecular formula is C33H32N2O5S. The van der Waals surface area contributed by atoms with Gasteiger partial charge in [-0.25, -0.2) is 9.79 Å². The molecule has 4 aromatic rings. The average molecular weight is 569 g/mol. The van der Waals surface area contributed by atoms with Gasteiger partial charge in [0.2, 0.25) is 0 Å². The fraction of sp³-hybridized carbons (Fsp3) is 0.242. The van der Waals surface area contributed by atoms with Crippen molar-refractivity contribution in [3.05, 3.63) is 126 Å². The number of ether oxygens (including phenoxy) is 3. The maximum absolute atomic E-state index is 13.9. The van der Waals surface area contributed by atoms with Gasteiger partial charge in [0.25, 0.3) is 5.56 Å². The van der Waals surface area contributed by atoms with Gasteiger partial charge in [0, 0.05) is 0 Å². The van der Waals surface area contributed by atoms with Crippen LogP contribution < -0.4 is 24.4 Å². The van der Waals surface area contributed by atoms with Crippen molar-refractivity contribution in [1.29, 1.82) is 0 Å². The number of aromatic nitrogens is 1. The Balaban J connectivity index is 1.52. The predicted octanol–water partition coefficient (Wildman–Crippen LogP) is 5.08. The fourth-order valence-electron chi connectivity index (χ4n) is 4.70. The van der Waals surface area contributed by atoms with Gasteiger partial charge in [-0.15, -0.1) is 0 Å². The molecule has 0 N–H and O–H groups in total. The number of thiazole rings is 1. The Bertz CT molecular complexity index is 1780. The van der Waals surface area contributed by atoms with E-state index in [0.29, 0.717) is 38.7 Å². The van der Waals surface area contributed by atoms with E-state index in [0.717, 1.165) is 16.7 Å². The minimum Gasteiger partial charge on any atom is -0.493 e. The Morgan fingerprint density at radius 2 is 1.76 bits per heavy atom. The van der Waals surface area contributed by atoms with Crippen LogP contribution in [0.5, 0.6) is 11.5 Å². The lowest BCUT2D eigenvalue weighted by atomic mass is 9.96. The van der Waals surface area contributed by atoms with E-state index in [-0.39, 0.29) is 11.7 Å². The van der Waals surface area contributed by atoms with Crippen LogP contribution in [-0.2, 0) is 16.1 Å². The number of carbonyl (C=O) groups excluding carboxylic acids is 1. The zero-order chi connectivity index (χ0) is 29.1. The largest absolute Gasteiger partial charge is 0.493 e. The first-order chi connectivity index (χ1) is 19.7. The molecule has 2 heterocycles. The number of aryl methyl sites for hydroxylation is 1. The summed E-state index contributed by atoms with van der Waals surface area (Å²) in [4.78, 5) is 32.2. The van der Waals surface area contributed by atoms with Crippen molar-refractivity contribution >= 4 is 23.4 Å². The third kappa shape index (κ3) is 6.02. The summed E-state index contributed by atoms with van der Waals surface area (Å²) in [5.41, 5.74) is 4.50. The van der Waals surface area contributed by atoms with Crippen LogP contribution in [-0.4, -0.2) is 23.8 Å². The number of fused-ring (bicyclic) bond motifs is 1. The molecule has 0 amide bonds. The van der Waals surface area contributed by atoms with Gasteiger partial charge in [0.1, 0.15) is 6.61 Å². The summed E-state index contributed by atoms with van der Waals surface area (Å²) in [7, 11) is 1.59. The molecule has 0 bridgehead atoms. The molecule has 0 spiro atoms. The molecule has 1 aliphatic heterocycles. The van der Waals surface area contributed by atoms with E-state index in [1.165, 1.54) is 16.9 Å². The van der Waals surface area contributed by atoms with Crippen LogP contribution in [0.2, 0.25) is 0 Å². The lowest BCUT2D eigenvalue weighted by molar-refractivity contribution is -0.143. The summed E-state index contributed by atoms with van der Waals surface area (Å²) in [5, 5.41) is 0. The zero-order valence-electron chi connectivity index (χ0n) is 23.7. The molecule has 0 saturated carbocycles. The fourth-order valence-corrected chi connectivity index (χ4v) is 5.75. The number of carbonyl (C=O) groups is 1. The first-order valence-corrected chi connectivity index (χ1v) is 14.2. The summed E-state index contributed by atoms with van der Waals surface area (Å²) < 4.78 is 19.3. The quantitative estimate of drug-likeness (QED) is 0.277. The van der Waals surface area contributed by atoms with E-state index in [4.69, 9.17) is 14.2 Å². The lowest BCUT2D eigenvalue weighted by Crippen LogP contribution is -2.40. The van der Waals surface area contributed by atoms with Crippen molar-refractivity contribution in [2.24, 2.45) is 4.99 Å².